The van der Waals surface area contributed by atoms with E-state index in [4.69, 9.17) is 0 Å². The van der Waals surface area contributed by atoms with Gasteiger partial charge in [-0.2, -0.15) is 0 Å². The van der Waals surface area contributed by atoms with Crippen molar-refractivity contribution in [3.63, 3.8) is 0 Å². The minimum absolute atomic E-state index is 1.17. The van der Waals surface area contributed by atoms with Gasteiger partial charge in [-0.05, 0) is 69.3 Å². The summed E-state index contributed by atoms with van der Waals surface area (Å²) in [5.41, 5.74) is 7.23. The predicted octanol–water partition coefficient (Wildman–Crippen LogP) is 9.26. The van der Waals surface area contributed by atoms with E-state index in [0.29, 0.717) is 0 Å². The molecule has 2 heterocycles. The van der Waals surface area contributed by atoms with Crippen LogP contribution in [0.5, 0.6) is 0 Å². The minimum Gasteiger partial charge on any atom is -0.309 e. The predicted molar refractivity (Wildman–Crippen MR) is 219 cm³/mol. The third-order valence-electron chi connectivity index (χ3n) is 10.7. The Bertz CT molecular complexity index is 2520. The summed E-state index contributed by atoms with van der Waals surface area (Å²) in [4.78, 5) is 0. The van der Waals surface area contributed by atoms with Gasteiger partial charge in [0.1, 0.15) is 0 Å². The van der Waals surface area contributed by atoms with Gasteiger partial charge < -0.3 is 9.13 Å². The molecule has 0 aliphatic rings. The average molecular weight is 667 g/mol. The first-order chi connectivity index (χ1) is 25.3. The Morgan fingerprint density at radius 2 is 0.490 bits per heavy atom. The van der Waals surface area contributed by atoms with Gasteiger partial charge in [-0.3, -0.25) is 0 Å². The quantitative estimate of drug-likeness (QED) is 0.124. The zero-order chi connectivity index (χ0) is 33.8. The first-order valence-corrected chi connectivity index (χ1v) is 19.6. The van der Waals surface area contributed by atoms with Crippen LogP contribution in [-0.2, 0) is 0 Å². The molecule has 3 heteroatoms. The van der Waals surface area contributed by atoms with Crippen LogP contribution in [0.25, 0.3) is 55.0 Å². The molecule has 10 aromatic rings. The Balaban J connectivity index is 1.19. The van der Waals surface area contributed by atoms with Crippen molar-refractivity contribution in [1.29, 1.82) is 0 Å². The van der Waals surface area contributed by atoms with Gasteiger partial charge in [0, 0.05) is 32.9 Å². The second-order valence-corrected chi connectivity index (χ2v) is 17.1. The first-order valence-electron chi connectivity index (χ1n) is 17.6. The largest absolute Gasteiger partial charge is 0.309 e. The summed E-state index contributed by atoms with van der Waals surface area (Å²) in [6.45, 7) is 0. The monoisotopic (exact) mass is 666 g/mol. The maximum Gasteiger partial charge on any atom is 0.179 e. The van der Waals surface area contributed by atoms with E-state index < -0.39 is 8.07 Å². The van der Waals surface area contributed by atoms with Crippen LogP contribution in [0.15, 0.2) is 206 Å². The van der Waals surface area contributed by atoms with E-state index in [2.05, 4.69) is 215 Å². The van der Waals surface area contributed by atoms with Gasteiger partial charge in [0.25, 0.3) is 0 Å². The maximum atomic E-state index is 2.41. The third kappa shape index (κ3) is 4.49. The van der Waals surface area contributed by atoms with E-state index >= 15 is 0 Å². The van der Waals surface area contributed by atoms with Gasteiger partial charge in [0.05, 0.1) is 22.1 Å². The van der Waals surface area contributed by atoms with Gasteiger partial charge in [0.2, 0.25) is 0 Å². The van der Waals surface area contributed by atoms with Crippen LogP contribution in [0, 0.1) is 0 Å². The molecular formula is C48H34N2Si. The highest BCUT2D eigenvalue weighted by Gasteiger charge is 2.41. The lowest BCUT2D eigenvalue weighted by Gasteiger charge is -2.34. The van der Waals surface area contributed by atoms with E-state index in [1.54, 1.807) is 0 Å². The Morgan fingerprint density at radius 3 is 0.804 bits per heavy atom. The lowest BCUT2D eigenvalue weighted by molar-refractivity contribution is 1.18. The van der Waals surface area contributed by atoms with Gasteiger partial charge >= 0.3 is 0 Å². The van der Waals surface area contributed by atoms with Crippen molar-refractivity contribution in [3.05, 3.63) is 206 Å². The summed E-state index contributed by atoms with van der Waals surface area (Å²) < 4.78 is 4.81. The number of fused-ring (bicyclic) bond motifs is 6. The van der Waals surface area contributed by atoms with Gasteiger partial charge in [0.15, 0.2) is 8.07 Å². The van der Waals surface area contributed by atoms with Crippen LogP contribution >= 0.6 is 0 Å². The topological polar surface area (TPSA) is 9.86 Å². The van der Waals surface area contributed by atoms with Gasteiger partial charge in [-0.15, -0.1) is 0 Å². The van der Waals surface area contributed by atoms with Gasteiger partial charge in [-0.1, -0.05) is 158 Å². The molecule has 0 fully saturated rings. The van der Waals surface area contributed by atoms with Crippen LogP contribution < -0.4 is 20.7 Å². The molecule has 8 aromatic carbocycles. The second kappa shape index (κ2) is 11.9. The molecule has 51 heavy (non-hydrogen) atoms. The lowest BCUT2D eigenvalue weighted by Crippen LogP contribution is -2.74. The Kier molecular flexibility index (Phi) is 6.86. The standard InChI is InChI=1S/C48H34N2Si/c1-3-15-37(16-4-1)51(38-17-5-2-6-18-38,39-31-27-35(28-32-39)49-45-23-11-7-19-41(45)42-20-8-12-24-46(42)49)40-33-29-36(30-34-40)50-47-25-13-9-21-43(47)44-22-10-14-26-48(44)50/h1-34H. The Hall–Kier alpha value is -6.42. The fraction of sp³-hybridized carbons (Fsp3) is 0. The molecule has 240 valence electrons. The number of hydrogen-bond acceptors (Lipinski definition) is 0. The number of aromatic nitrogens is 2. The molecule has 0 saturated carbocycles. The van der Waals surface area contributed by atoms with Crippen molar-refractivity contribution < 1.29 is 0 Å². The van der Waals surface area contributed by atoms with Crippen molar-refractivity contribution in [1.82, 2.24) is 9.13 Å². The highest BCUT2D eigenvalue weighted by atomic mass is 28.3. The Labute approximate surface area is 298 Å². The number of rotatable bonds is 6. The smallest absolute Gasteiger partial charge is 0.179 e. The zero-order valence-corrected chi connectivity index (χ0v) is 29.0. The van der Waals surface area contributed by atoms with Crippen molar-refractivity contribution in [2.45, 2.75) is 0 Å². The number of hydrogen-bond donors (Lipinski definition) is 0. The molecule has 0 aliphatic heterocycles. The van der Waals surface area contributed by atoms with Crippen LogP contribution in [0.2, 0.25) is 0 Å². The summed E-state index contributed by atoms with van der Waals surface area (Å²) in [7, 11) is -2.75. The summed E-state index contributed by atoms with van der Waals surface area (Å²) in [5, 5.41) is 10.5. The summed E-state index contributed by atoms with van der Waals surface area (Å²) >= 11 is 0. The molecule has 0 N–H and O–H groups in total. The van der Waals surface area contributed by atoms with Crippen LogP contribution in [0.4, 0.5) is 0 Å². The molecule has 2 nitrogen and oxygen atoms in total. The molecule has 0 spiro atoms. The van der Waals surface area contributed by atoms with E-state index in [0.717, 1.165) is 0 Å². The summed E-state index contributed by atoms with van der Waals surface area (Å²) in [5.74, 6) is 0. The lowest BCUT2D eigenvalue weighted by atomic mass is 10.2. The SMILES string of the molecule is c1ccc([Si](c2ccccc2)(c2ccc(-n3c4ccccc4c4ccccc43)cc2)c2ccc(-n3c4ccccc4c4ccccc43)cc2)cc1. The fourth-order valence-corrected chi connectivity index (χ4v) is 13.2. The minimum atomic E-state index is -2.75. The number of para-hydroxylation sites is 4. The molecule has 0 amide bonds. The summed E-state index contributed by atoms with van der Waals surface area (Å²) in [6, 6.07) is 76.2. The van der Waals surface area contributed by atoms with Gasteiger partial charge in [-0.25, -0.2) is 0 Å². The third-order valence-corrected chi connectivity index (χ3v) is 15.5. The van der Waals surface area contributed by atoms with Crippen molar-refractivity contribution in [2.75, 3.05) is 0 Å². The fourth-order valence-electron chi connectivity index (χ4n) is 8.50. The summed E-state index contributed by atoms with van der Waals surface area (Å²) in [6.07, 6.45) is 0. The molecule has 0 unspecified atom stereocenters. The maximum absolute atomic E-state index is 2.75. The van der Waals surface area contributed by atoms with Crippen molar-refractivity contribution in [2.24, 2.45) is 0 Å². The first kappa shape index (κ1) is 29.5. The second-order valence-electron chi connectivity index (χ2n) is 13.3. The van der Waals surface area contributed by atoms with E-state index in [-0.39, 0.29) is 0 Å². The molecule has 2 aromatic heterocycles. The van der Waals surface area contributed by atoms with Crippen LogP contribution in [0.3, 0.4) is 0 Å². The molecule has 0 aliphatic carbocycles. The van der Waals surface area contributed by atoms with E-state index in [9.17, 15) is 0 Å². The van der Waals surface area contributed by atoms with Crippen LogP contribution in [-0.4, -0.2) is 17.2 Å². The molecule has 0 saturated heterocycles. The van der Waals surface area contributed by atoms with Crippen molar-refractivity contribution in [3.8, 4) is 11.4 Å². The van der Waals surface area contributed by atoms with E-state index in [1.807, 2.05) is 0 Å². The Morgan fingerprint density at radius 1 is 0.235 bits per heavy atom. The molecule has 0 atom stereocenters. The molecule has 0 bridgehead atoms. The highest BCUT2D eigenvalue weighted by Crippen LogP contribution is 2.33. The van der Waals surface area contributed by atoms with E-state index in [1.165, 1.54) is 75.7 Å². The van der Waals surface area contributed by atoms with Crippen molar-refractivity contribution >= 4 is 72.4 Å². The zero-order valence-electron chi connectivity index (χ0n) is 28.0. The normalized spacial score (nSPS) is 11.9. The average Bonchev–Trinajstić information content (AvgIpc) is 3.73. The highest BCUT2D eigenvalue weighted by molar-refractivity contribution is 7.19. The number of benzene rings is 8. The molecule has 10 rings (SSSR count). The molecular weight excluding hydrogens is 633 g/mol. The van der Waals surface area contributed by atoms with Crippen LogP contribution in [0.1, 0.15) is 0 Å². The molecule has 0 radical (unpaired) electrons. The number of nitrogens with zero attached hydrogens (tertiary/aromatic N) is 2.